The van der Waals surface area contributed by atoms with Gasteiger partial charge in [0.1, 0.15) is 18.3 Å². The Morgan fingerprint density at radius 3 is 1.44 bits per heavy atom. The molecule has 5 atom stereocenters. The van der Waals surface area contributed by atoms with Crippen molar-refractivity contribution in [2.24, 2.45) is 0 Å². The van der Waals surface area contributed by atoms with Gasteiger partial charge in [-0.3, -0.25) is 4.52 Å². The Hall–Kier alpha value is -2.19. The van der Waals surface area contributed by atoms with Gasteiger partial charge < -0.3 is 28.0 Å². The Labute approximate surface area is 233 Å². The summed E-state index contributed by atoms with van der Waals surface area (Å²) in [4.78, 5) is 0. The van der Waals surface area contributed by atoms with Gasteiger partial charge in [-0.25, -0.2) is 0 Å². The summed E-state index contributed by atoms with van der Waals surface area (Å²) in [5.74, 6) is 0. The lowest BCUT2D eigenvalue weighted by molar-refractivity contribution is -0.302. The maximum atomic E-state index is 6.59. The molecule has 1 unspecified atom stereocenters. The minimum Gasteiger partial charge on any atom is -0.368 e. The van der Waals surface area contributed by atoms with Crippen molar-refractivity contribution in [1.29, 1.82) is 0 Å². The first-order valence-corrected chi connectivity index (χ1v) is 14.6. The first-order chi connectivity index (χ1) is 19.2. The summed E-state index contributed by atoms with van der Waals surface area (Å²) in [6.45, 7) is 7.89. The predicted octanol–water partition coefficient (Wildman–Crippen LogP) is 6.80. The molecule has 0 aliphatic carbocycles. The minimum atomic E-state index is -1.63. The molecule has 0 saturated carbocycles. The number of rotatable bonds is 15. The summed E-state index contributed by atoms with van der Waals surface area (Å²) in [6, 6.07) is 30.2. The third-order valence-electron chi connectivity index (χ3n) is 6.24. The average molecular weight is 555 g/mol. The van der Waals surface area contributed by atoms with Crippen LogP contribution in [-0.2, 0) is 52.3 Å². The van der Waals surface area contributed by atoms with E-state index in [0.29, 0.717) is 33.0 Å². The minimum absolute atomic E-state index is 0.337. The van der Waals surface area contributed by atoms with Crippen LogP contribution in [0.15, 0.2) is 91.0 Å². The van der Waals surface area contributed by atoms with Crippen LogP contribution in [0.2, 0.25) is 0 Å². The van der Waals surface area contributed by atoms with Crippen molar-refractivity contribution < 1.29 is 32.5 Å². The fraction of sp³-hybridized carbons (Fsp3) is 0.419. The molecule has 0 aromatic heterocycles. The summed E-state index contributed by atoms with van der Waals surface area (Å²) < 4.78 is 43.7. The molecule has 0 amide bonds. The Morgan fingerprint density at radius 2 is 1.00 bits per heavy atom. The SMILES string of the molecule is CCOP(OCC)OC1O[C@@H](C)[C@@H](OCc2ccccc2)[C@@H](OCc2ccccc2)[C@@H]1OCc1ccccc1. The van der Waals surface area contributed by atoms with Crippen LogP contribution in [0.1, 0.15) is 37.5 Å². The van der Waals surface area contributed by atoms with Crippen molar-refractivity contribution in [1.82, 2.24) is 0 Å². The maximum absolute atomic E-state index is 6.59. The topological polar surface area (TPSA) is 64.6 Å². The highest BCUT2D eigenvalue weighted by Gasteiger charge is 2.48. The lowest BCUT2D eigenvalue weighted by Gasteiger charge is -2.45. The molecule has 4 rings (SSSR count). The molecule has 0 bridgehead atoms. The molecular weight excluding hydrogens is 515 g/mol. The molecule has 39 heavy (non-hydrogen) atoms. The van der Waals surface area contributed by atoms with E-state index in [1.807, 2.05) is 112 Å². The van der Waals surface area contributed by atoms with Crippen molar-refractivity contribution in [2.75, 3.05) is 13.2 Å². The summed E-state index contributed by atoms with van der Waals surface area (Å²) in [6.07, 6.45) is -2.59. The van der Waals surface area contributed by atoms with Crippen LogP contribution in [-0.4, -0.2) is 43.9 Å². The van der Waals surface area contributed by atoms with Gasteiger partial charge in [-0.2, -0.15) is 0 Å². The van der Waals surface area contributed by atoms with Crippen LogP contribution in [0.3, 0.4) is 0 Å². The zero-order valence-electron chi connectivity index (χ0n) is 22.9. The summed E-state index contributed by atoms with van der Waals surface area (Å²) in [7, 11) is -1.63. The monoisotopic (exact) mass is 554 g/mol. The smallest absolute Gasteiger partial charge is 0.335 e. The highest BCUT2D eigenvalue weighted by molar-refractivity contribution is 7.41. The van der Waals surface area contributed by atoms with E-state index in [-0.39, 0.29) is 6.10 Å². The molecule has 3 aromatic carbocycles. The van der Waals surface area contributed by atoms with Crippen molar-refractivity contribution in [2.45, 2.75) is 71.3 Å². The standard InChI is InChI=1S/C31H39O7P/c1-4-35-39(36-5-2)38-31-30(34-23-27-19-13-8-14-20-27)29(33-22-26-17-11-7-12-18-26)28(24(3)37-31)32-21-25-15-9-6-10-16-25/h6-20,24,28-31H,4-5,21-23H2,1-3H3/t24-,28+,29+,30-,31?/m0/s1. The molecule has 0 spiro atoms. The Bertz CT molecular complexity index is 1050. The van der Waals surface area contributed by atoms with Gasteiger partial charge >= 0.3 is 8.60 Å². The van der Waals surface area contributed by atoms with Crippen molar-refractivity contribution in [3.8, 4) is 0 Å². The molecule has 1 heterocycles. The van der Waals surface area contributed by atoms with E-state index < -0.39 is 33.2 Å². The zero-order chi connectivity index (χ0) is 27.3. The zero-order valence-corrected chi connectivity index (χ0v) is 23.8. The third kappa shape index (κ3) is 9.17. The van der Waals surface area contributed by atoms with Crippen LogP contribution in [0.5, 0.6) is 0 Å². The van der Waals surface area contributed by atoms with Gasteiger partial charge in [0.05, 0.1) is 39.1 Å². The van der Waals surface area contributed by atoms with Gasteiger partial charge in [-0.05, 0) is 37.5 Å². The third-order valence-corrected chi connectivity index (χ3v) is 7.56. The maximum Gasteiger partial charge on any atom is 0.335 e. The van der Waals surface area contributed by atoms with Gasteiger partial charge in [0.2, 0.25) is 0 Å². The van der Waals surface area contributed by atoms with Crippen LogP contribution < -0.4 is 0 Å². The summed E-state index contributed by atoms with van der Waals surface area (Å²) in [5.41, 5.74) is 3.17. The first kappa shape index (κ1) is 29.8. The average Bonchev–Trinajstić information content (AvgIpc) is 2.97. The van der Waals surface area contributed by atoms with Gasteiger partial charge in [0, 0.05) is 0 Å². The van der Waals surface area contributed by atoms with Crippen molar-refractivity contribution in [3.63, 3.8) is 0 Å². The second kappa shape index (κ2) is 16.2. The first-order valence-electron chi connectivity index (χ1n) is 13.5. The van der Waals surface area contributed by atoms with Gasteiger partial charge in [0.15, 0.2) is 6.29 Å². The Balaban J connectivity index is 1.59. The molecule has 210 valence electrons. The summed E-state index contributed by atoms with van der Waals surface area (Å²) in [5, 5.41) is 0. The molecule has 1 saturated heterocycles. The van der Waals surface area contributed by atoms with E-state index in [1.165, 1.54) is 0 Å². The number of benzene rings is 3. The molecule has 1 fully saturated rings. The molecule has 0 N–H and O–H groups in total. The molecule has 3 aromatic rings. The normalized spacial score (nSPS) is 23.2. The van der Waals surface area contributed by atoms with Crippen LogP contribution in [0.25, 0.3) is 0 Å². The molecular formula is C31H39O7P. The molecule has 1 aliphatic heterocycles. The van der Waals surface area contributed by atoms with Crippen LogP contribution in [0, 0.1) is 0 Å². The van der Waals surface area contributed by atoms with E-state index >= 15 is 0 Å². The predicted molar refractivity (Wildman–Crippen MR) is 151 cm³/mol. The molecule has 8 heteroatoms. The fourth-order valence-corrected chi connectivity index (χ4v) is 5.30. The van der Waals surface area contributed by atoms with Crippen LogP contribution >= 0.6 is 8.60 Å². The fourth-order valence-electron chi connectivity index (χ4n) is 4.35. The molecule has 7 nitrogen and oxygen atoms in total. The summed E-state index contributed by atoms with van der Waals surface area (Å²) >= 11 is 0. The lowest BCUT2D eigenvalue weighted by Crippen LogP contribution is -2.59. The van der Waals surface area contributed by atoms with Crippen molar-refractivity contribution >= 4 is 8.60 Å². The quantitative estimate of drug-likeness (QED) is 0.191. The highest BCUT2D eigenvalue weighted by Crippen LogP contribution is 2.44. The van der Waals surface area contributed by atoms with Gasteiger partial charge in [0.25, 0.3) is 0 Å². The molecule has 1 aliphatic rings. The van der Waals surface area contributed by atoms with Crippen LogP contribution in [0.4, 0.5) is 0 Å². The second-order valence-corrected chi connectivity index (χ2v) is 10.3. The van der Waals surface area contributed by atoms with E-state index in [0.717, 1.165) is 16.7 Å². The number of hydrogen-bond acceptors (Lipinski definition) is 7. The second-order valence-electron chi connectivity index (χ2n) is 9.16. The Morgan fingerprint density at radius 1 is 0.590 bits per heavy atom. The molecule has 0 radical (unpaired) electrons. The van der Waals surface area contributed by atoms with Gasteiger partial charge in [-0.15, -0.1) is 0 Å². The van der Waals surface area contributed by atoms with E-state index in [1.54, 1.807) is 0 Å². The largest absolute Gasteiger partial charge is 0.368 e. The highest BCUT2D eigenvalue weighted by atomic mass is 31.2. The number of ether oxygens (including phenoxy) is 4. The number of hydrogen-bond donors (Lipinski definition) is 0. The lowest BCUT2D eigenvalue weighted by atomic mass is 9.98. The van der Waals surface area contributed by atoms with Crippen molar-refractivity contribution in [3.05, 3.63) is 108 Å². The van der Waals surface area contributed by atoms with E-state index in [2.05, 4.69) is 0 Å². The van der Waals surface area contributed by atoms with E-state index in [4.69, 9.17) is 32.5 Å². The van der Waals surface area contributed by atoms with E-state index in [9.17, 15) is 0 Å². The van der Waals surface area contributed by atoms with Gasteiger partial charge in [-0.1, -0.05) is 91.0 Å². The Kier molecular flexibility index (Phi) is 12.3.